The summed E-state index contributed by atoms with van der Waals surface area (Å²) in [5.41, 5.74) is 7.15. The van der Waals surface area contributed by atoms with Crippen LogP contribution in [0, 0.1) is 0 Å². The Morgan fingerprint density at radius 3 is 2.00 bits per heavy atom. The van der Waals surface area contributed by atoms with Gasteiger partial charge in [-0.25, -0.2) is 10.2 Å². The number of hydrogen-bond acceptors (Lipinski definition) is 2. The van der Waals surface area contributed by atoms with Crippen LogP contribution in [0.25, 0.3) is 0 Å². The Labute approximate surface area is 87.5 Å². The molecule has 0 saturated carbocycles. The van der Waals surface area contributed by atoms with Crippen LogP contribution in [-0.4, -0.2) is 15.7 Å². The van der Waals surface area contributed by atoms with Crippen molar-refractivity contribution in [2.75, 3.05) is 5.43 Å². The maximum atomic E-state index is 10.2. The lowest BCUT2D eigenvalue weighted by molar-refractivity contribution is 0.257. The molecule has 5 nitrogen and oxygen atoms in total. The van der Waals surface area contributed by atoms with E-state index in [1.54, 1.807) is 36.9 Å². The number of hydrogen-bond donors (Lipinski definition) is 2. The van der Waals surface area contributed by atoms with Crippen LogP contribution in [0.1, 0.15) is 0 Å². The van der Waals surface area contributed by atoms with E-state index in [9.17, 15) is 4.79 Å². The molecule has 0 bridgehead atoms. The molecular weight excluding hydrogens is 192 g/mol. The number of nitrogens with two attached hydrogens (primary N) is 1. The van der Waals surface area contributed by atoms with Crippen LogP contribution in [0.15, 0.2) is 55.1 Å². The van der Waals surface area contributed by atoms with Crippen molar-refractivity contribution in [3.05, 3.63) is 55.1 Å². The fraction of sp³-hybridized carbons (Fsp3) is 0. The largest absolute Gasteiger partial charge is 0.350 e. The smallest absolute Gasteiger partial charge is 0.331 e. The molecule has 3 N–H and O–H groups in total. The first kappa shape index (κ1) is 10.8. The summed E-state index contributed by atoms with van der Waals surface area (Å²) in [4.78, 5) is 13.9. The summed E-state index contributed by atoms with van der Waals surface area (Å²) < 4.78 is 1.47. The highest BCUT2D eigenvalue weighted by atomic mass is 16.2. The molecule has 2 rings (SSSR count). The molecule has 0 unspecified atom stereocenters. The molecule has 2 amide bonds. The molecule has 0 aliphatic rings. The number of carbonyl (C=O) groups is 1. The predicted octanol–water partition coefficient (Wildman–Crippen LogP) is 1.19. The monoisotopic (exact) mass is 204 g/mol. The summed E-state index contributed by atoms with van der Waals surface area (Å²) in [5.74, 6) is 0. The van der Waals surface area contributed by atoms with Gasteiger partial charge in [-0.05, 0) is 24.3 Å². The number of amides is 2. The lowest BCUT2D eigenvalue weighted by atomic mass is 10.5. The van der Waals surface area contributed by atoms with Crippen molar-refractivity contribution in [1.29, 1.82) is 0 Å². The fourth-order valence-corrected chi connectivity index (χ4v) is 0.849. The standard InChI is InChI=1S/C5H7N3O.C5H5N/c6-5(9)7-8-3-1-2-4-8;1-2-4-6-5-3-1/h1-4H,(H3,6,7,9);1-5H. The molecule has 5 heteroatoms. The van der Waals surface area contributed by atoms with Crippen LogP contribution in [0.5, 0.6) is 0 Å². The fourth-order valence-electron chi connectivity index (χ4n) is 0.849. The number of nitrogens with zero attached hydrogens (tertiary/aromatic N) is 2. The van der Waals surface area contributed by atoms with Crippen molar-refractivity contribution in [3.8, 4) is 0 Å². The summed E-state index contributed by atoms with van der Waals surface area (Å²) in [7, 11) is 0. The summed E-state index contributed by atoms with van der Waals surface area (Å²) >= 11 is 0. The van der Waals surface area contributed by atoms with Gasteiger partial charge in [-0.3, -0.25) is 9.66 Å². The lowest BCUT2D eigenvalue weighted by Gasteiger charge is -1.98. The molecule has 0 aromatic carbocycles. The lowest BCUT2D eigenvalue weighted by Crippen LogP contribution is -2.26. The minimum absolute atomic E-state index is 0.564. The zero-order valence-corrected chi connectivity index (χ0v) is 8.08. The van der Waals surface area contributed by atoms with Gasteiger partial charge >= 0.3 is 6.03 Å². The van der Waals surface area contributed by atoms with Gasteiger partial charge in [0.2, 0.25) is 0 Å². The second kappa shape index (κ2) is 6.20. The molecule has 2 aromatic heterocycles. The van der Waals surface area contributed by atoms with E-state index in [1.165, 1.54) is 4.68 Å². The highest BCUT2D eigenvalue weighted by Gasteiger charge is 1.88. The van der Waals surface area contributed by atoms with E-state index in [0.29, 0.717) is 0 Å². The zero-order chi connectivity index (χ0) is 10.9. The van der Waals surface area contributed by atoms with Crippen LogP contribution < -0.4 is 11.2 Å². The summed E-state index contributed by atoms with van der Waals surface area (Å²) in [6, 6.07) is 8.73. The first-order valence-corrected chi connectivity index (χ1v) is 4.33. The quantitative estimate of drug-likeness (QED) is 0.732. The Kier molecular flexibility index (Phi) is 4.45. The van der Waals surface area contributed by atoms with Crippen molar-refractivity contribution in [2.45, 2.75) is 0 Å². The predicted molar refractivity (Wildman–Crippen MR) is 57.6 cm³/mol. The average molecular weight is 204 g/mol. The van der Waals surface area contributed by atoms with Crippen LogP contribution in [0.4, 0.5) is 4.79 Å². The van der Waals surface area contributed by atoms with Crippen molar-refractivity contribution < 1.29 is 4.79 Å². The van der Waals surface area contributed by atoms with Gasteiger partial charge in [-0.1, -0.05) is 6.07 Å². The van der Waals surface area contributed by atoms with E-state index in [0.717, 1.165) is 0 Å². The normalized spacial score (nSPS) is 8.53. The third kappa shape index (κ3) is 5.09. The van der Waals surface area contributed by atoms with Gasteiger partial charge in [0.15, 0.2) is 0 Å². The number of rotatable bonds is 1. The van der Waals surface area contributed by atoms with Gasteiger partial charge in [-0.15, -0.1) is 0 Å². The Hall–Kier alpha value is -2.30. The van der Waals surface area contributed by atoms with Crippen molar-refractivity contribution in [1.82, 2.24) is 9.66 Å². The number of urea groups is 1. The van der Waals surface area contributed by atoms with Crippen LogP contribution >= 0.6 is 0 Å². The van der Waals surface area contributed by atoms with Crippen molar-refractivity contribution in [2.24, 2.45) is 5.73 Å². The van der Waals surface area contributed by atoms with Gasteiger partial charge in [0.05, 0.1) is 0 Å². The molecule has 0 aliphatic heterocycles. The number of pyridine rings is 1. The zero-order valence-electron chi connectivity index (χ0n) is 8.08. The highest BCUT2D eigenvalue weighted by Crippen LogP contribution is 1.83. The molecule has 0 saturated heterocycles. The van der Waals surface area contributed by atoms with Crippen LogP contribution in [0.3, 0.4) is 0 Å². The van der Waals surface area contributed by atoms with E-state index in [4.69, 9.17) is 5.73 Å². The second-order valence-electron chi connectivity index (χ2n) is 2.59. The topological polar surface area (TPSA) is 72.9 Å². The third-order valence-electron chi connectivity index (χ3n) is 1.41. The van der Waals surface area contributed by atoms with Gasteiger partial charge in [0.25, 0.3) is 0 Å². The van der Waals surface area contributed by atoms with Crippen molar-refractivity contribution >= 4 is 6.03 Å². The maximum Gasteiger partial charge on any atom is 0.331 e. The Balaban J connectivity index is 0.000000162. The number of primary amides is 1. The Bertz CT molecular complexity index is 345. The van der Waals surface area contributed by atoms with E-state index < -0.39 is 6.03 Å². The second-order valence-corrected chi connectivity index (χ2v) is 2.59. The molecular formula is C10H12N4O. The van der Waals surface area contributed by atoms with Gasteiger partial charge in [0.1, 0.15) is 0 Å². The summed E-state index contributed by atoms with van der Waals surface area (Å²) in [6.07, 6.45) is 6.87. The summed E-state index contributed by atoms with van der Waals surface area (Å²) in [6.45, 7) is 0. The maximum absolute atomic E-state index is 10.2. The molecule has 0 atom stereocenters. The van der Waals surface area contributed by atoms with Crippen LogP contribution in [0.2, 0.25) is 0 Å². The first-order valence-electron chi connectivity index (χ1n) is 4.33. The molecule has 0 spiro atoms. The molecule has 0 radical (unpaired) electrons. The minimum Gasteiger partial charge on any atom is -0.350 e. The Morgan fingerprint density at radius 1 is 1.07 bits per heavy atom. The SMILES string of the molecule is NC(=O)Nn1cccc1.c1ccncc1. The first-order chi connectivity index (χ1) is 7.29. The van der Waals surface area contributed by atoms with Gasteiger partial charge < -0.3 is 5.73 Å². The number of nitrogens with one attached hydrogen (secondary N) is 1. The van der Waals surface area contributed by atoms with E-state index in [-0.39, 0.29) is 0 Å². The molecule has 15 heavy (non-hydrogen) atoms. The third-order valence-corrected chi connectivity index (χ3v) is 1.41. The Morgan fingerprint density at radius 2 is 1.67 bits per heavy atom. The number of carbonyl (C=O) groups excluding carboxylic acids is 1. The molecule has 2 heterocycles. The highest BCUT2D eigenvalue weighted by molar-refractivity contribution is 5.79. The van der Waals surface area contributed by atoms with E-state index >= 15 is 0 Å². The molecule has 2 aromatic rings. The molecule has 78 valence electrons. The van der Waals surface area contributed by atoms with Crippen molar-refractivity contribution in [3.63, 3.8) is 0 Å². The molecule has 0 fully saturated rings. The van der Waals surface area contributed by atoms with E-state index in [1.807, 2.05) is 18.2 Å². The van der Waals surface area contributed by atoms with Gasteiger partial charge in [0, 0.05) is 24.8 Å². The average Bonchev–Trinajstić information content (AvgIpc) is 2.73. The minimum atomic E-state index is -0.564. The molecule has 0 aliphatic carbocycles. The summed E-state index contributed by atoms with van der Waals surface area (Å²) in [5, 5.41) is 0. The van der Waals surface area contributed by atoms with Gasteiger partial charge in [-0.2, -0.15) is 0 Å². The number of aromatic nitrogens is 2. The van der Waals surface area contributed by atoms with Crippen LogP contribution in [-0.2, 0) is 0 Å². The van der Waals surface area contributed by atoms with E-state index in [2.05, 4.69) is 10.4 Å².